The zero-order valence-corrected chi connectivity index (χ0v) is 19.6. The number of aromatic nitrogens is 1. The number of ether oxygens (including phenoxy) is 1. The maximum atomic E-state index is 12.7. The van der Waals surface area contributed by atoms with Crippen LogP contribution in [-0.4, -0.2) is 39.7 Å². The number of benzene rings is 2. The van der Waals surface area contributed by atoms with Crippen LogP contribution in [0.1, 0.15) is 43.2 Å². The Balaban J connectivity index is 1.17. The number of aliphatic carboxylic acids is 1. The second-order valence-corrected chi connectivity index (χ2v) is 9.76. The quantitative estimate of drug-likeness (QED) is 0.409. The smallest absolute Gasteiger partial charge is 0.410 e. The molecule has 0 radical (unpaired) electrons. The van der Waals surface area contributed by atoms with E-state index in [1.54, 1.807) is 4.90 Å². The number of halogens is 1. The van der Waals surface area contributed by atoms with Gasteiger partial charge < -0.3 is 25.0 Å². The van der Waals surface area contributed by atoms with Crippen molar-refractivity contribution in [3.63, 3.8) is 0 Å². The summed E-state index contributed by atoms with van der Waals surface area (Å²) in [5, 5.41) is 14.2. The van der Waals surface area contributed by atoms with Gasteiger partial charge in [0.1, 0.15) is 11.9 Å². The molecule has 7 nitrogen and oxygen atoms in total. The summed E-state index contributed by atoms with van der Waals surface area (Å²) in [6.07, 6.45) is 3.66. The van der Waals surface area contributed by atoms with E-state index in [0.29, 0.717) is 18.1 Å². The molecule has 1 aromatic heterocycles. The predicted molar refractivity (Wildman–Crippen MR) is 132 cm³/mol. The molecule has 1 amide bonds. The maximum absolute atomic E-state index is 12.7. The van der Waals surface area contributed by atoms with Crippen LogP contribution in [0.25, 0.3) is 10.9 Å². The highest BCUT2D eigenvalue weighted by atomic mass is 35.5. The van der Waals surface area contributed by atoms with Gasteiger partial charge in [0.25, 0.3) is 0 Å². The molecule has 2 heterocycles. The average Bonchev–Trinajstić information content (AvgIpc) is 3.21. The number of H-pyrrole nitrogens is 1. The molecule has 178 valence electrons. The highest BCUT2D eigenvalue weighted by Gasteiger charge is 2.28. The Morgan fingerprint density at radius 2 is 1.91 bits per heavy atom. The van der Waals surface area contributed by atoms with E-state index in [1.807, 2.05) is 24.3 Å². The second-order valence-electron chi connectivity index (χ2n) is 9.32. The van der Waals surface area contributed by atoms with Gasteiger partial charge in [-0.25, -0.2) is 4.79 Å². The number of carboxylic acid groups (broad SMARTS) is 1. The van der Waals surface area contributed by atoms with E-state index in [1.165, 1.54) is 5.56 Å². The Hall–Kier alpha value is -3.19. The van der Waals surface area contributed by atoms with Crippen molar-refractivity contribution in [3.05, 3.63) is 58.6 Å². The average molecular weight is 482 g/mol. The predicted octanol–water partition coefficient (Wildman–Crippen LogP) is 6.09. The second kappa shape index (κ2) is 9.58. The summed E-state index contributed by atoms with van der Waals surface area (Å²) < 4.78 is 5.75. The number of hydrogen-bond donors (Lipinski definition) is 3. The Bertz CT molecular complexity index is 1220. The van der Waals surface area contributed by atoms with Crippen LogP contribution in [0.5, 0.6) is 0 Å². The monoisotopic (exact) mass is 481 g/mol. The number of nitrogens with zero attached hydrogens (tertiary/aromatic N) is 1. The third-order valence-electron chi connectivity index (χ3n) is 6.86. The van der Waals surface area contributed by atoms with Gasteiger partial charge in [-0.2, -0.15) is 0 Å². The number of rotatable bonds is 5. The minimum Gasteiger partial charge on any atom is -0.481 e. The van der Waals surface area contributed by atoms with Gasteiger partial charge >= 0.3 is 12.1 Å². The summed E-state index contributed by atoms with van der Waals surface area (Å²) in [6.45, 7) is 1.15. The molecule has 0 saturated heterocycles. The van der Waals surface area contributed by atoms with Gasteiger partial charge in [-0.1, -0.05) is 23.7 Å². The lowest BCUT2D eigenvalue weighted by atomic mass is 9.85. The summed E-state index contributed by atoms with van der Waals surface area (Å²) in [7, 11) is 0. The molecular weight excluding hydrogens is 454 g/mol. The zero-order chi connectivity index (χ0) is 23.7. The van der Waals surface area contributed by atoms with Crippen molar-refractivity contribution in [2.45, 2.75) is 51.2 Å². The fraction of sp³-hybridized carbons (Fsp3) is 0.385. The zero-order valence-electron chi connectivity index (χ0n) is 18.9. The molecule has 5 rings (SSSR count). The topological polar surface area (TPSA) is 94.7 Å². The van der Waals surface area contributed by atoms with E-state index in [4.69, 9.17) is 21.4 Å². The van der Waals surface area contributed by atoms with Crippen LogP contribution >= 0.6 is 11.6 Å². The molecule has 0 unspecified atom stereocenters. The Labute approximate surface area is 203 Å². The van der Waals surface area contributed by atoms with E-state index in [9.17, 15) is 9.59 Å². The van der Waals surface area contributed by atoms with Crippen molar-refractivity contribution in [3.8, 4) is 0 Å². The van der Waals surface area contributed by atoms with Gasteiger partial charge in [-0.15, -0.1) is 0 Å². The van der Waals surface area contributed by atoms with Gasteiger partial charge in [-0.05, 0) is 79.5 Å². The normalized spacial score (nSPS) is 20.1. The summed E-state index contributed by atoms with van der Waals surface area (Å²) in [4.78, 5) is 28.7. The number of anilines is 2. The third-order valence-corrected chi connectivity index (χ3v) is 7.10. The minimum atomic E-state index is -0.753. The van der Waals surface area contributed by atoms with E-state index >= 15 is 0 Å². The van der Waals surface area contributed by atoms with Crippen LogP contribution < -0.4 is 5.32 Å². The fourth-order valence-electron chi connectivity index (χ4n) is 5.03. The lowest BCUT2D eigenvalue weighted by Crippen LogP contribution is -2.39. The molecule has 1 aliphatic carbocycles. The molecular formula is C26H28ClN3O4. The van der Waals surface area contributed by atoms with Gasteiger partial charge in [-0.3, -0.25) is 4.79 Å². The van der Waals surface area contributed by atoms with Crippen LogP contribution in [0.4, 0.5) is 16.3 Å². The lowest BCUT2D eigenvalue weighted by Gasteiger charge is -2.32. The Kier molecular flexibility index (Phi) is 6.37. The largest absolute Gasteiger partial charge is 0.481 e. The lowest BCUT2D eigenvalue weighted by molar-refractivity contribution is -0.138. The molecule has 1 saturated carbocycles. The molecule has 1 fully saturated rings. The summed E-state index contributed by atoms with van der Waals surface area (Å²) in [5.74, 6) is 0.340. The number of carboxylic acids is 1. The molecule has 0 bridgehead atoms. The third kappa shape index (κ3) is 5.14. The molecule has 8 heteroatoms. The van der Waals surface area contributed by atoms with Crippen molar-refractivity contribution >= 4 is 46.1 Å². The number of carbonyl (C=O) groups excluding carboxylic acids is 1. The first kappa shape index (κ1) is 22.6. The first-order valence-corrected chi connectivity index (χ1v) is 12.2. The molecule has 0 atom stereocenters. The van der Waals surface area contributed by atoms with E-state index in [-0.39, 0.29) is 24.5 Å². The van der Waals surface area contributed by atoms with Crippen LogP contribution in [0, 0.1) is 5.92 Å². The standard InChI is InChI=1S/C26H28ClN3O4/c27-20-5-3-18-13-24(29-23(18)14-20)28-21-6-4-19-15-30(10-9-17(19)12-21)26(33)34-22-7-1-16(2-8-22)11-25(31)32/h3-6,12-14,16,22,28-29H,1-2,7-11,15H2,(H,31,32). The number of amides is 1. The van der Waals surface area contributed by atoms with Crippen LogP contribution in [0.3, 0.4) is 0 Å². The van der Waals surface area contributed by atoms with E-state index < -0.39 is 5.97 Å². The van der Waals surface area contributed by atoms with E-state index in [2.05, 4.69) is 28.5 Å². The van der Waals surface area contributed by atoms with Crippen LogP contribution in [0.15, 0.2) is 42.5 Å². The summed E-state index contributed by atoms with van der Waals surface area (Å²) in [6, 6.07) is 14.1. The molecule has 1 aliphatic heterocycles. The van der Waals surface area contributed by atoms with Gasteiger partial charge in [0.05, 0.1) is 0 Å². The van der Waals surface area contributed by atoms with Crippen molar-refractivity contribution in [1.29, 1.82) is 0 Å². The first-order chi connectivity index (χ1) is 16.4. The highest BCUT2D eigenvalue weighted by Crippen LogP contribution is 2.30. The molecule has 34 heavy (non-hydrogen) atoms. The van der Waals surface area contributed by atoms with Crippen LogP contribution in [-0.2, 0) is 22.5 Å². The Morgan fingerprint density at radius 3 is 2.71 bits per heavy atom. The van der Waals surface area contributed by atoms with Crippen molar-refractivity contribution < 1.29 is 19.4 Å². The van der Waals surface area contributed by atoms with Crippen molar-refractivity contribution in [1.82, 2.24) is 9.88 Å². The van der Waals surface area contributed by atoms with Gasteiger partial charge in [0.15, 0.2) is 0 Å². The molecule has 3 aromatic rings. The number of nitrogens with one attached hydrogen (secondary N) is 2. The molecule has 2 aromatic carbocycles. The molecule has 0 spiro atoms. The van der Waals surface area contributed by atoms with Crippen molar-refractivity contribution in [2.75, 3.05) is 11.9 Å². The number of fused-ring (bicyclic) bond motifs is 2. The fourth-order valence-corrected chi connectivity index (χ4v) is 5.20. The number of aromatic amines is 1. The molecule has 3 N–H and O–H groups in total. The van der Waals surface area contributed by atoms with Gasteiger partial charge in [0, 0.05) is 41.1 Å². The Morgan fingerprint density at radius 1 is 1.09 bits per heavy atom. The number of carbonyl (C=O) groups is 2. The first-order valence-electron chi connectivity index (χ1n) is 11.8. The summed E-state index contributed by atoms with van der Waals surface area (Å²) in [5.41, 5.74) is 4.33. The van der Waals surface area contributed by atoms with Crippen molar-refractivity contribution in [2.24, 2.45) is 5.92 Å². The highest BCUT2D eigenvalue weighted by molar-refractivity contribution is 6.31. The summed E-state index contributed by atoms with van der Waals surface area (Å²) >= 11 is 6.08. The minimum absolute atomic E-state index is 0.114. The van der Waals surface area contributed by atoms with Crippen LogP contribution in [0.2, 0.25) is 5.02 Å². The molecule has 2 aliphatic rings. The van der Waals surface area contributed by atoms with E-state index in [0.717, 1.165) is 60.1 Å². The maximum Gasteiger partial charge on any atom is 0.410 e. The SMILES string of the molecule is O=C(O)CC1CCC(OC(=O)N2CCc3cc(Nc4cc5ccc(Cl)cc5[nH]4)ccc3C2)CC1. The van der Waals surface area contributed by atoms with Gasteiger partial charge in [0.2, 0.25) is 0 Å². The number of hydrogen-bond acceptors (Lipinski definition) is 4.